The van der Waals surface area contributed by atoms with Crippen molar-refractivity contribution in [2.45, 2.75) is 44.4 Å². The first-order valence-corrected chi connectivity index (χ1v) is 7.86. The van der Waals surface area contributed by atoms with Crippen LogP contribution in [0.2, 0.25) is 0 Å². The Bertz CT molecular complexity index is 301. The van der Waals surface area contributed by atoms with E-state index >= 15 is 0 Å². The molecule has 2 nitrogen and oxygen atoms in total. The van der Waals surface area contributed by atoms with E-state index in [1.165, 1.54) is 0 Å². The molecular formula is C13H20BrF2NO. The minimum atomic E-state index is -2.54. The number of halogens is 3. The number of hydrogen-bond donors (Lipinski definition) is 0. The third-order valence-electron chi connectivity index (χ3n) is 4.18. The third kappa shape index (κ3) is 3.43. The molecule has 1 atom stereocenters. The predicted molar refractivity (Wildman–Crippen MR) is 70.0 cm³/mol. The largest absolute Gasteiger partial charge is 0.342 e. The first-order valence-electron chi connectivity index (χ1n) is 6.74. The average molecular weight is 324 g/mol. The van der Waals surface area contributed by atoms with Gasteiger partial charge in [-0.2, -0.15) is 0 Å². The maximum atomic E-state index is 13.1. The van der Waals surface area contributed by atoms with Gasteiger partial charge in [-0.1, -0.05) is 15.9 Å². The first kappa shape index (κ1) is 14.2. The van der Waals surface area contributed by atoms with Gasteiger partial charge in [-0.15, -0.1) is 0 Å². The van der Waals surface area contributed by atoms with Gasteiger partial charge in [0.05, 0.1) is 0 Å². The van der Waals surface area contributed by atoms with Gasteiger partial charge in [-0.05, 0) is 31.6 Å². The molecule has 1 heterocycles. The fourth-order valence-electron chi connectivity index (χ4n) is 2.97. The van der Waals surface area contributed by atoms with E-state index in [4.69, 9.17) is 0 Å². The van der Waals surface area contributed by atoms with Crippen LogP contribution in [0, 0.1) is 11.8 Å². The first-order chi connectivity index (χ1) is 8.52. The average Bonchev–Trinajstić information content (AvgIpc) is 2.77. The van der Waals surface area contributed by atoms with E-state index in [1.807, 2.05) is 4.90 Å². The number of rotatable bonds is 3. The summed E-state index contributed by atoms with van der Waals surface area (Å²) in [5.74, 6) is -2.01. The van der Waals surface area contributed by atoms with Crippen molar-refractivity contribution < 1.29 is 13.6 Å². The van der Waals surface area contributed by atoms with Crippen LogP contribution in [-0.4, -0.2) is 35.1 Å². The smallest absolute Gasteiger partial charge is 0.248 e. The minimum Gasteiger partial charge on any atom is -0.342 e. The maximum Gasteiger partial charge on any atom is 0.248 e. The van der Waals surface area contributed by atoms with Crippen molar-refractivity contribution in [2.75, 3.05) is 18.4 Å². The molecule has 0 aromatic carbocycles. The second-order valence-electron chi connectivity index (χ2n) is 5.55. The quantitative estimate of drug-likeness (QED) is 0.728. The Morgan fingerprint density at radius 1 is 1.28 bits per heavy atom. The number of nitrogens with zero attached hydrogens (tertiary/aromatic N) is 1. The highest BCUT2D eigenvalue weighted by molar-refractivity contribution is 9.09. The van der Waals surface area contributed by atoms with E-state index in [9.17, 15) is 13.6 Å². The van der Waals surface area contributed by atoms with Crippen molar-refractivity contribution in [1.82, 2.24) is 4.90 Å². The Balaban J connectivity index is 1.82. The zero-order valence-corrected chi connectivity index (χ0v) is 12.1. The molecule has 1 saturated heterocycles. The molecule has 1 aliphatic heterocycles. The van der Waals surface area contributed by atoms with Crippen LogP contribution in [0.25, 0.3) is 0 Å². The molecule has 0 aromatic rings. The predicted octanol–water partition coefficient (Wildman–Crippen LogP) is 3.45. The molecule has 2 fully saturated rings. The van der Waals surface area contributed by atoms with Gasteiger partial charge in [0.2, 0.25) is 11.8 Å². The Kier molecular flexibility index (Phi) is 4.62. The molecule has 0 radical (unpaired) electrons. The van der Waals surface area contributed by atoms with Gasteiger partial charge in [0.15, 0.2) is 0 Å². The van der Waals surface area contributed by atoms with E-state index in [0.29, 0.717) is 18.8 Å². The zero-order chi connectivity index (χ0) is 13.2. The molecule has 104 valence electrons. The Hall–Kier alpha value is -0.190. The molecule has 0 aromatic heterocycles. The van der Waals surface area contributed by atoms with Crippen molar-refractivity contribution in [3.8, 4) is 0 Å². The highest BCUT2D eigenvalue weighted by Gasteiger charge is 2.39. The highest BCUT2D eigenvalue weighted by atomic mass is 79.9. The van der Waals surface area contributed by atoms with Crippen molar-refractivity contribution in [3.63, 3.8) is 0 Å². The molecule has 0 bridgehead atoms. The Morgan fingerprint density at radius 3 is 2.56 bits per heavy atom. The lowest BCUT2D eigenvalue weighted by Crippen LogP contribution is -2.38. The normalized spacial score (nSPS) is 28.6. The van der Waals surface area contributed by atoms with Crippen LogP contribution >= 0.6 is 15.9 Å². The number of carbonyl (C=O) groups is 1. The molecule has 0 N–H and O–H groups in total. The molecule has 18 heavy (non-hydrogen) atoms. The van der Waals surface area contributed by atoms with E-state index < -0.39 is 5.92 Å². The summed E-state index contributed by atoms with van der Waals surface area (Å²) >= 11 is 3.42. The number of amides is 1. The van der Waals surface area contributed by atoms with Crippen LogP contribution < -0.4 is 0 Å². The lowest BCUT2D eigenvalue weighted by molar-refractivity contribution is -0.138. The van der Waals surface area contributed by atoms with Crippen molar-refractivity contribution >= 4 is 21.8 Å². The van der Waals surface area contributed by atoms with Crippen molar-refractivity contribution in [3.05, 3.63) is 0 Å². The van der Waals surface area contributed by atoms with Crippen LogP contribution in [0.5, 0.6) is 0 Å². The number of alkyl halides is 3. The molecule has 5 heteroatoms. The molecule has 1 amide bonds. The van der Waals surface area contributed by atoms with Crippen LogP contribution in [-0.2, 0) is 4.79 Å². The van der Waals surface area contributed by atoms with E-state index in [0.717, 1.165) is 31.3 Å². The molecule has 1 saturated carbocycles. The Labute approximate surface area is 115 Å². The fraction of sp³-hybridized carbons (Fsp3) is 0.923. The molecule has 2 rings (SSSR count). The fourth-order valence-corrected chi connectivity index (χ4v) is 3.62. The van der Waals surface area contributed by atoms with Gasteiger partial charge in [0.25, 0.3) is 0 Å². The summed E-state index contributed by atoms with van der Waals surface area (Å²) in [5.41, 5.74) is 0. The third-order valence-corrected chi connectivity index (χ3v) is 4.64. The lowest BCUT2D eigenvalue weighted by Gasteiger charge is -2.30. The second kappa shape index (κ2) is 5.85. The highest BCUT2D eigenvalue weighted by Crippen LogP contribution is 2.37. The van der Waals surface area contributed by atoms with Crippen LogP contribution in [0.15, 0.2) is 0 Å². The molecule has 2 aliphatic rings. The summed E-state index contributed by atoms with van der Waals surface area (Å²) in [6.45, 7) is 1.63. The summed E-state index contributed by atoms with van der Waals surface area (Å²) in [6.07, 6.45) is 2.60. The van der Waals surface area contributed by atoms with E-state index in [2.05, 4.69) is 15.9 Å². The van der Waals surface area contributed by atoms with E-state index in [-0.39, 0.29) is 24.7 Å². The number of carbonyl (C=O) groups excluding carboxylic acids is 1. The number of hydrogen-bond acceptors (Lipinski definition) is 1. The minimum absolute atomic E-state index is 0.113. The molecular weight excluding hydrogens is 304 g/mol. The summed E-state index contributed by atoms with van der Waals surface area (Å²) in [7, 11) is 0. The van der Waals surface area contributed by atoms with Crippen LogP contribution in [0.3, 0.4) is 0 Å². The summed E-state index contributed by atoms with van der Waals surface area (Å²) in [5, 5.41) is 0.968. The summed E-state index contributed by atoms with van der Waals surface area (Å²) in [6, 6.07) is 0. The summed E-state index contributed by atoms with van der Waals surface area (Å²) < 4.78 is 26.1. The van der Waals surface area contributed by atoms with Gasteiger partial charge in [0, 0.05) is 37.2 Å². The number of likely N-dealkylation sites (tertiary alicyclic amines) is 1. The zero-order valence-electron chi connectivity index (χ0n) is 10.5. The van der Waals surface area contributed by atoms with Crippen LogP contribution in [0.4, 0.5) is 8.78 Å². The lowest BCUT2D eigenvalue weighted by atomic mass is 9.86. The summed E-state index contributed by atoms with van der Waals surface area (Å²) in [4.78, 5) is 14.1. The van der Waals surface area contributed by atoms with Gasteiger partial charge in [-0.25, -0.2) is 8.78 Å². The van der Waals surface area contributed by atoms with Gasteiger partial charge in [0.1, 0.15) is 0 Å². The monoisotopic (exact) mass is 323 g/mol. The SMILES string of the molecule is O=C(C1CCC(F)(F)CC1)N1CCC(CCBr)C1. The van der Waals surface area contributed by atoms with Gasteiger partial charge >= 0.3 is 0 Å². The van der Waals surface area contributed by atoms with Crippen molar-refractivity contribution in [1.29, 1.82) is 0 Å². The molecule has 1 unspecified atom stereocenters. The second-order valence-corrected chi connectivity index (χ2v) is 6.34. The Morgan fingerprint density at radius 2 is 1.94 bits per heavy atom. The van der Waals surface area contributed by atoms with E-state index in [1.54, 1.807) is 0 Å². The van der Waals surface area contributed by atoms with Crippen molar-refractivity contribution in [2.24, 2.45) is 11.8 Å². The molecule has 0 spiro atoms. The van der Waals surface area contributed by atoms with Crippen LogP contribution in [0.1, 0.15) is 38.5 Å². The van der Waals surface area contributed by atoms with Gasteiger partial charge in [-0.3, -0.25) is 4.79 Å². The van der Waals surface area contributed by atoms with Gasteiger partial charge < -0.3 is 4.90 Å². The standard InChI is InChI=1S/C13H20BrF2NO/c14-7-3-10-4-8-17(9-10)12(18)11-1-5-13(15,16)6-2-11/h10-11H,1-9H2. The topological polar surface area (TPSA) is 20.3 Å². The maximum absolute atomic E-state index is 13.1. The molecule has 1 aliphatic carbocycles.